The van der Waals surface area contributed by atoms with Gasteiger partial charge < -0.3 is 10.1 Å². The van der Waals surface area contributed by atoms with Crippen LogP contribution in [0.5, 0.6) is 0 Å². The number of carbonyl (C=O) groups excluding carboxylic acids is 4. The molecule has 3 aromatic rings. The van der Waals surface area contributed by atoms with E-state index in [1.54, 1.807) is 30.6 Å². The summed E-state index contributed by atoms with van der Waals surface area (Å²) < 4.78 is 46.4. The molecule has 1 radical (unpaired) electrons. The summed E-state index contributed by atoms with van der Waals surface area (Å²) in [5.41, 5.74) is 1.32. The van der Waals surface area contributed by atoms with Crippen molar-refractivity contribution in [2.45, 2.75) is 72.3 Å². The summed E-state index contributed by atoms with van der Waals surface area (Å²) in [7, 11) is 6.49. The standard InChI is InChI=1S/C34H41BF3N8O6/c1-5-52-33(50)41-18-23-11-10-22(15-26(23)34(36,37)38)31(48)45-28-16-27(42-20(4)43-28)44-30(35)25-14-21(17-40-19(2)3)9-12-24(25)32(49)39-13-7-6-8-29(47)46-51/h9-12,14-16,19,40,51H,5-8,13,17-18H2,1-4H3,(H,39,49)(H,41,50)(H,46,47)(H2,42,43,44,45,48). The van der Waals surface area contributed by atoms with Gasteiger partial charge in [0.2, 0.25) is 0 Å². The minimum atomic E-state index is -4.83. The third kappa shape index (κ3) is 12.8. The van der Waals surface area contributed by atoms with Gasteiger partial charge in [0.05, 0.1) is 6.61 Å². The molecule has 18 heteroatoms. The Morgan fingerprint density at radius 3 is 2.27 bits per heavy atom. The second-order valence-corrected chi connectivity index (χ2v) is 11.8. The van der Waals surface area contributed by atoms with Gasteiger partial charge in [-0.3, -0.25) is 0 Å². The second kappa shape index (κ2) is 19.3. The summed E-state index contributed by atoms with van der Waals surface area (Å²) in [4.78, 5) is 57.6. The zero-order chi connectivity index (χ0) is 38.4. The number of unbranched alkanes of at least 4 members (excludes halogenated alkanes) is 1. The molecule has 0 aliphatic rings. The number of nitrogens with zero attached hydrogens (tertiary/aromatic N) is 2. The number of alkyl carbamates (subject to hydrolysis) is 1. The van der Waals surface area contributed by atoms with Crippen LogP contribution in [0.4, 0.5) is 29.6 Å². The molecule has 277 valence electrons. The van der Waals surface area contributed by atoms with E-state index in [2.05, 4.69) is 36.6 Å². The van der Waals surface area contributed by atoms with E-state index < -0.39 is 42.1 Å². The number of ether oxygens (including phenoxy) is 1. The van der Waals surface area contributed by atoms with E-state index in [1.165, 1.54) is 19.1 Å². The number of hydrogen-bond donors (Lipinski definition) is 7. The molecule has 0 spiro atoms. The van der Waals surface area contributed by atoms with Crippen LogP contribution >= 0.6 is 0 Å². The van der Waals surface area contributed by atoms with Gasteiger partial charge in [-0.25, -0.2) is 4.79 Å². The first kappa shape index (κ1) is 41.1. The predicted octanol–water partition coefficient (Wildman–Crippen LogP) is 3.96. The molecule has 0 unspecified atom stereocenters. The van der Waals surface area contributed by atoms with E-state index in [0.717, 1.165) is 11.6 Å². The molecule has 0 aliphatic heterocycles. The van der Waals surface area contributed by atoms with Gasteiger partial charge in [0.15, 0.2) is 0 Å². The first-order chi connectivity index (χ1) is 24.6. The number of amides is 4. The van der Waals surface area contributed by atoms with Crippen molar-refractivity contribution in [2.75, 3.05) is 23.8 Å². The fraction of sp³-hybridized carbons (Fsp3) is 0.382. The molecule has 52 heavy (non-hydrogen) atoms. The molecule has 0 saturated heterocycles. The monoisotopic (exact) mass is 725 g/mol. The Balaban J connectivity index is 1.81. The van der Waals surface area contributed by atoms with Crippen molar-refractivity contribution in [3.8, 4) is 0 Å². The van der Waals surface area contributed by atoms with Crippen LogP contribution in [0.1, 0.15) is 88.8 Å². The first-order valence-electron chi connectivity index (χ1n) is 16.4. The number of aromatic nitrogens is 2. The van der Waals surface area contributed by atoms with Crippen LogP contribution in [-0.2, 0) is 28.8 Å². The maximum atomic E-state index is 13.9. The van der Waals surface area contributed by atoms with Crippen molar-refractivity contribution in [1.29, 1.82) is 0 Å². The number of hydroxylamine groups is 1. The summed E-state index contributed by atoms with van der Waals surface area (Å²) in [6.45, 7) is 7.37. The number of rotatable bonds is 17. The van der Waals surface area contributed by atoms with Crippen LogP contribution in [0, 0.1) is 6.92 Å². The molecule has 7 N–H and O–H groups in total. The number of halogens is 3. The molecular formula is C34H41BF3N8O6. The summed E-state index contributed by atoms with van der Waals surface area (Å²) >= 11 is 0. The maximum absolute atomic E-state index is 13.9. The Bertz CT molecular complexity index is 1770. The summed E-state index contributed by atoms with van der Waals surface area (Å²) in [5, 5.41) is 22.4. The normalized spacial score (nSPS) is 11.1. The van der Waals surface area contributed by atoms with Gasteiger partial charge in [-0.2, -0.15) is 0 Å². The Morgan fingerprint density at radius 1 is 0.904 bits per heavy atom. The van der Waals surface area contributed by atoms with Gasteiger partial charge in [-0.15, -0.1) is 0 Å². The van der Waals surface area contributed by atoms with E-state index in [9.17, 15) is 32.3 Å². The van der Waals surface area contributed by atoms with E-state index >= 15 is 0 Å². The van der Waals surface area contributed by atoms with E-state index in [0.29, 0.717) is 31.0 Å². The zero-order valence-electron chi connectivity index (χ0n) is 29.2. The quantitative estimate of drug-likeness (QED) is 0.0463. The number of nitrogens with one attached hydrogen (secondary N) is 6. The molecule has 0 saturated carbocycles. The average Bonchev–Trinajstić information content (AvgIpc) is 3.08. The van der Waals surface area contributed by atoms with Crippen LogP contribution in [0.2, 0.25) is 0 Å². The van der Waals surface area contributed by atoms with Crippen molar-refractivity contribution >= 4 is 48.5 Å². The van der Waals surface area contributed by atoms with Gasteiger partial charge in [0, 0.05) is 0 Å². The molecule has 0 aliphatic carbocycles. The van der Waals surface area contributed by atoms with Crippen molar-refractivity contribution in [3.05, 3.63) is 81.7 Å². The second-order valence-electron chi connectivity index (χ2n) is 11.8. The third-order valence-corrected chi connectivity index (χ3v) is 7.29. The molecular weight excluding hydrogens is 684 g/mol. The average molecular weight is 726 g/mol. The molecule has 0 fully saturated rings. The van der Waals surface area contributed by atoms with Crippen molar-refractivity contribution in [3.63, 3.8) is 0 Å². The van der Waals surface area contributed by atoms with Crippen molar-refractivity contribution in [1.82, 2.24) is 31.4 Å². The Hall–Kier alpha value is -5.36. The van der Waals surface area contributed by atoms with Crippen LogP contribution in [-0.4, -0.2) is 71.3 Å². The topological polar surface area (TPSA) is 196 Å². The van der Waals surface area contributed by atoms with Gasteiger partial charge >= 0.3 is 272 Å². The number of carbonyl (C=O) groups is 4. The number of anilines is 2. The fourth-order valence-electron chi connectivity index (χ4n) is 4.78. The summed E-state index contributed by atoms with van der Waals surface area (Å²) in [6.07, 6.45) is -4.70. The van der Waals surface area contributed by atoms with Crippen LogP contribution in [0.25, 0.3) is 0 Å². The zero-order valence-corrected chi connectivity index (χ0v) is 29.2. The van der Waals surface area contributed by atoms with Crippen LogP contribution in [0.3, 0.4) is 0 Å². The van der Waals surface area contributed by atoms with E-state index in [-0.39, 0.29) is 65.4 Å². The van der Waals surface area contributed by atoms with Gasteiger partial charge in [0.25, 0.3) is 0 Å². The van der Waals surface area contributed by atoms with E-state index in [4.69, 9.17) is 17.4 Å². The number of benzene rings is 2. The predicted molar refractivity (Wildman–Crippen MR) is 188 cm³/mol. The number of hydrogen-bond acceptors (Lipinski definition) is 10. The molecule has 0 atom stereocenters. The summed E-state index contributed by atoms with van der Waals surface area (Å²) in [5.74, 6) is -1.58. The van der Waals surface area contributed by atoms with Crippen molar-refractivity contribution < 1.29 is 42.3 Å². The van der Waals surface area contributed by atoms with Crippen LogP contribution in [0.15, 0.2) is 42.5 Å². The molecule has 0 bridgehead atoms. The molecule has 2 aromatic carbocycles. The van der Waals surface area contributed by atoms with Crippen LogP contribution < -0.4 is 32.1 Å². The molecule has 1 heterocycles. The van der Waals surface area contributed by atoms with Gasteiger partial charge in [0.1, 0.15) is 0 Å². The Labute approximate surface area is 299 Å². The first-order valence-corrected chi connectivity index (χ1v) is 16.4. The molecule has 1 aromatic heterocycles. The molecule has 14 nitrogen and oxygen atoms in total. The van der Waals surface area contributed by atoms with Gasteiger partial charge in [-0.05, 0) is 6.92 Å². The summed E-state index contributed by atoms with van der Waals surface area (Å²) in [6, 6.07) is 9.60. The Kier molecular flexibility index (Phi) is 15.2. The third-order valence-electron chi connectivity index (χ3n) is 7.29. The van der Waals surface area contributed by atoms with E-state index in [1.807, 2.05) is 13.8 Å². The SMILES string of the molecule is [B]=C(Nc1cc(NC(=O)c2ccc(CNC(=O)OCC)c(C(F)(F)F)c2)nc(C)n1)c1cc(CNC(C)C)ccc1C(=O)NCCCCC(=O)NO. The number of aryl methyl sites for hydroxylation is 1. The molecule has 3 rings (SSSR count). The molecule has 4 amide bonds. The van der Waals surface area contributed by atoms with Crippen molar-refractivity contribution in [2.24, 2.45) is 0 Å². The minimum absolute atomic E-state index is 0.0355. The van der Waals surface area contributed by atoms with Gasteiger partial charge in [-0.1, -0.05) is 0 Å². The Morgan fingerprint density at radius 2 is 1.62 bits per heavy atom. The fourth-order valence-corrected chi connectivity index (χ4v) is 4.78. The number of alkyl halides is 3.